The van der Waals surface area contributed by atoms with E-state index in [1.54, 1.807) is 0 Å². The highest BCUT2D eigenvalue weighted by Crippen LogP contribution is 2.25. The summed E-state index contributed by atoms with van der Waals surface area (Å²) < 4.78 is 0. The van der Waals surface area contributed by atoms with Crippen LogP contribution in [0.3, 0.4) is 0 Å². The fourth-order valence-electron chi connectivity index (χ4n) is 3.45. The number of hydrogen-bond donors (Lipinski definition) is 1. The molecule has 2 aromatic carbocycles. The fraction of sp³-hybridized carbons (Fsp3) is 0.368. The summed E-state index contributed by atoms with van der Waals surface area (Å²) in [6.07, 6.45) is 1.12. The van der Waals surface area contributed by atoms with Gasteiger partial charge in [-0.25, -0.2) is 0 Å². The van der Waals surface area contributed by atoms with Gasteiger partial charge in [-0.1, -0.05) is 23.8 Å². The number of nitrogen functional groups attached to an aromatic ring is 1. The van der Waals surface area contributed by atoms with Gasteiger partial charge in [0.05, 0.1) is 0 Å². The normalized spacial score (nSPS) is 15.0. The number of aryl methyl sites for hydroxylation is 3. The van der Waals surface area contributed by atoms with Crippen LogP contribution in [0.1, 0.15) is 33.4 Å². The maximum absolute atomic E-state index is 5.93. The van der Waals surface area contributed by atoms with E-state index in [0.717, 1.165) is 31.7 Å². The van der Waals surface area contributed by atoms with Crippen molar-refractivity contribution in [3.05, 3.63) is 63.7 Å². The van der Waals surface area contributed by atoms with Gasteiger partial charge in [0.2, 0.25) is 0 Å². The molecule has 2 aromatic rings. The average molecular weight is 280 g/mol. The van der Waals surface area contributed by atoms with Gasteiger partial charge < -0.3 is 5.73 Å². The van der Waals surface area contributed by atoms with Crippen LogP contribution in [-0.2, 0) is 19.5 Å². The zero-order chi connectivity index (χ0) is 15.0. The lowest BCUT2D eigenvalue weighted by molar-refractivity contribution is 0.244. The highest BCUT2D eigenvalue weighted by molar-refractivity contribution is 5.45. The Morgan fingerprint density at radius 2 is 1.71 bits per heavy atom. The molecule has 1 heterocycles. The van der Waals surface area contributed by atoms with Gasteiger partial charge in [0.15, 0.2) is 0 Å². The first-order valence-electron chi connectivity index (χ1n) is 7.69. The molecule has 0 unspecified atom stereocenters. The van der Waals surface area contributed by atoms with Gasteiger partial charge in [-0.05, 0) is 67.1 Å². The van der Waals surface area contributed by atoms with Crippen molar-refractivity contribution in [2.75, 3.05) is 12.3 Å². The summed E-state index contributed by atoms with van der Waals surface area (Å²) in [7, 11) is 0. The second-order valence-corrected chi connectivity index (χ2v) is 6.37. The summed E-state index contributed by atoms with van der Waals surface area (Å²) in [4.78, 5) is 2.53. The predicted octanol–water partition coefficient (Wildman–Crippen LogP) is 3.75. The van der Waals surface area contributed by atoms with Crippen molar-refractivity contribution >= 4 is 5.69 Å². The summed E-state index contributed by atoms with van der Waals surface area (Å²) in [6, 6.07) is 10.9. The SMILES string of the molecule is Cc1cc(C)c(CN2CCc3ccc(N)cc3C2)c(C)c1. The second-order valence-electron chi connectivity index (χ2n) is 6.37. The molecule has 0 saturated heterocycles. The lowest BCUT2D eigenvalue weighted by Crippen LogP contribution is -2.30. The van der Waals surface area contributed by atoms with E-state index in [-0.39, 0.29) is 0 Å². The molecule has 0 spiro atoms. The van der Waals surface area contributed by atoms with Gasteiger partial charge in [0.25, 0.3) is 0 Å². The molecule has 2 nitrogen and oxygen atoms in total. The van der Waals surface area contributed by atoms with Gasteiger partial charge >= 0.3 is 0 Å². The molecule has 0 aliphatic carbocycles. The van der Waals surface area contributed by atoms with E-state index >= 15 is 0 Å². The van der Waals surface area contributed by atoms with Crippen molar-refractivity contribution in [2.24, 2.45) is 0 Å². The van der Waals surface area contributed by atoms with Crippen molar-refractivity contribution in [3.8, 4) is 0 Å². The Balaban J connectivity index is 1.81. The Labute approximate surface area is 127 Å². The van der Waals surface area contributed by atoms with Crippen LogP contribution in [0.15, 0.2) is 30.3 Å². The third-order valence-electron chi connectivity index (χ3n) is 4.54. The summed E-state index contributed by atoms with van der Waals surface area (Å²) in [6.45, 7) is 9.79. The zero-order valence-corrected chi connectivity index (χ0v) is 13.2. The lowest BCUT2D eigenvalue weighted by atomic mass is 9.96. The van der Waals surface area contributed by atoms with Gasteiger partial charge in [-0.2, -0.15) is 0 Å². The van der Waals surface area contributed by atoms with Crippen LogP contribution in [0.25, 0.3) is 0 Å². The smallest absolute Gasteiger partial charge is 0.0317 e. The first kappa shape index (κ1) is 14.2. The molecule has 3 rings (SSSR count). The maximum Gasteiger partial charge on any atom is 0.0317 e. The standard InChI is InChI=1S/C19H24N2/c1-13-8-14(2)19(15(3)9-13)12-21-7-6-16-4-5-18(20)10-17(16)11-21/h4-5,8-10H,6-7,11-12,20H2,1-3H3. The molecule has 21 heavy (non-hydrogen) atoms. The molecule has 2 N–H and O–H groups in total. The molecule has 0 saturated carbocycles. The maximum atomic E-state index is 5.93. The molecule has 0 atom stereocenters. The van der Waals surface area contributed by atoms with Crippen LogP contribution in [0, 0.1) is 20.8 Å². The molecule has 0 fully saturated rings. The quantitative estimate of drug-likeness (QED) is 0.849. The average Bonchev–Trinajstić information content (AvgIpc) is 2.42. The van der Waals surface area contributed by atoms with Crippen LogP contribution < -0.4 is 5.73 Å². The Morgan fingerprint density at radius 3 is 2.43 bits per heavy atom. The molecule has 2 heteroatoms. The monoisotopic (exact) mass is 280 g/mol. The van der Waals surface area contributed by atoms with Crippen molar-refractivity contribution < 1.29 is 0 Å². The summed E-state index contributed by atoms with van der Waals surface area (Å²) in [5, 5.41) is 0. The van der Waals surface area contributed by atoms with Gasteiger partial charge in [-0.3, -0.25) is 4.90 Å². The largest absolute Gasteiger partial charge is 0.399 e. The molecule has 0 bridgehead atoms. The Kier molecular flexibility index (Phi) is 3.73. The van der Waals surface area contributed by atoms with Crippen molar-refractivity contribution in [1.82, 2.24) is 4.90 Å². The summed E-state index contributed by atoms with van der Waals surface area (Å²) in [5.74, 6) is 0. The van der Waals surface area contributed by atoms with Crippen LogP contribution >= 0.6 is 0 Å². The lowest BCUT2D eigenvalue weighted by Gasteiger charge is -2.30. The zero-order valence-electron chi connectivity index (χ0n) is 13.2. The van der Waals surface area contributed by atoms with E-state index in [0.29, 0.717) is 0 Å². The second kappa shape index (κ2) is 5.53. The topological polar surface area (TPSA) is 29.3 Å². The van der Waals surface area contributed by atoms with E-state index in [1.165, 1.54) is 33.4 Å². The van der Waals surface area contributed by atoms with E-state index in [9.17, 15) is 0 Å². The van der Waals surface area contributed by atoms with Crippen molar-refractivity contribution in [3.63, 3.8) is 0 Å². The highest BCUT2D eigenvalue weighted by atomic mass is 15.1. The Hall–Kier alpha value is -1.80. The molecular weight excluding hydrogens is 256 g/mol. The first-order valence-corrected chi connectivity index (χ1v) is 7.69. The highest BCUT2D eigenvalue weighted by Gasteiger charge is 2.17. The van der Waals surface area contributed by atoms with E-state index in [4.69, 9.17) is 5.73 Å². The van der Waals surface area contributed by atoms with E-state index in [2.05, 4.69) is 49.9 Å². The van der Waals surface area contributed by atoms with Gasteiger partial charge in [0.1, 0.15) is 0 Å². The minimum Gasteiger partial charge on any atom is -0.399 e. The third-order valence-corrected chi connectivity index (χ3v) is 4.54. The molecule has 1 aliphatic rings. The van der Waals surface area contributed by atoms with Crippen LogP contribution in [-0.4, -0.2) is 11.4 Å². The van der Waals surface area contributed by atoms with E-state index < -0.39 is 0 Å². The molecule has 0 radical (unpaired) electrons. The molecule has 0 aromatic heterocycles. The van der Waals surface area contributed by atoms with Crippen molar-refractivity contribution in [1.29, 1.82) is 0 Å². The number of nitrogens with zero attached hydrogens (tertiary/aromatic N) is 1. The fourth-order valence-corrected chi connectivity index (χ4v) is 3.45. The Bertz CT molecular complexity index is 650. The van der Waals surface area contributed by atoms with Gasteiger partial charge in [-0.15, -0.1) is 0 Å². The molecule has 0 amide bonds. The van der Waals surface area contributed by atoms with Crippen molar-refractivity contribution in [2.45, 2.75) is 40.3 Å². The van der Waals surface area contributed by atoms with Crippen LogP contribution in [0.4, 0.5) is 5.69 Å². The molecule has 1 aliphatic heterocycles. The van der Waals surface area contributed by atoms with Crippen LogP contribution in [0.5, 0.6) is 0 Å². The predicted molar refractivity (Wildman–Crippen MR) is 89.3 cm³/mol. The number of anilines is 1. The first-order chi connectivity index (χ1) is 10.0. The number of hydrogen-bond acceptors (Lipinski definition) is 2. The van der Waals surface area contributed by atoms with E-state index in [1.807, 2.05) is 6.07 Å². The number of benzene rings is 2. The minimum atomic E-state index is 0.873. The molecule has 110 valence electrons. The number of fused-ring (bicyclic) bond motifs is 1. The minimum absolute atomic E-state index is 0.873. The summed E-state index contributed by atoms with van der Waals surface area (Å²) in [5.41, 5.74) is 15.3. The molecular formula is C19H24N2. The van der Waals surface area contributed by atoms with Crippen LogP contribution in [0.2, 0.25) is 0 Å². The number of rotatable bonds is 2. The summed E-state index contributed by atoms with van der Waals surface area (Å²) >= 11 is 0. The third kappa shape index (κ3) is 2.96. The van der Waals surface area contributed by atoms with Gasteiger partial charge in [0, 0.05) is 25.3 Å². The Morgan fingerprint density at radius 1 is 1.00 bits per heavy atom. The number of nitrogens with two attached hydrogens (primary N) is 1.